The molecule has 1 aliphatic rings. The van der Waals surface area contributed by atoms with Gasteiger partial charge in [-0.3, -0.25) is 4.79 Å². The van der Waals surface area contributed by atoms with Crippen LogP contribution >= 0.6 is 0 Å². The number of benzene rings is 1. The van der Waals surface area contributed by atoms with Crippen LogP contribution in [0, 0.1) is 13.8 Å². The quantitative estimate of drug-likeness (QED) is 0.759. The summed E-state index contributed by atoms with van der Waals surface area (Å²) in [7, 11) is 0. The molecule has 134 valence electrons. The van der Waals surface area contributed by atoms with E-state index in [1.54, 1.807) is 4.68 Å². The van der Waals surface area contributed by atoms with Crippen molar-refractivity contribution in [3.05, 3.63) is 64.9 Å². The summed E-state index contributed by atoms with van der Waals surface area (Å²) in [6, 6.07) is 11.6. The fourth-order valence-electron chi connectivity index (χ4n) is 3.36. The minimum absolute atomic E-state index is 0.158. The van der Waals surface area contributed by atoms with E-state index in [9.17, 15) is 4.79 Å². The molecule has 1 N–H and O–H groups in total. The maximum atomic E-state index is 12.9. The number of hydrogen-bond donors (Lipinski definition) is 1. The van der Waals surface area contributed by atoms with E-state index in [4.69, 9.17) is 4.42 Å². The first-order valence-corrected chi connectivity index (χ1v) is 8.93. The Morgan fingerprint density at radius 2 is 2.00 bits per heavy atom. The van der Waals surface area contributed by atoms with E-state index in [0.29, 0.717) is 11.6 Å². The molecule has 0 aliphatic heterocycles. The number of nitrogens with one attached hydrogen (secondary N) is 1. The number of para-hydroxylation sites is 1. The molecule has 1 fully saturated rings. The van der Waals surface area contributed by atoms with E-state index < -0.39 is 0 Å². The van der Waals surface area contributed by atoms with Gasteiger partial charge in [0.15, 0.2) is 5.69 Å². The maximum absolute atomic E-state index is 12.9. The number of carbonyl (C=O) groups is 1. The molecule has 1 aromatic carbocycles. The highest BCUT2D eigenvalue weighted by atomic mass is 16.3. The molecule has 6 nitrogen and oxygen atoms in total. The van der Waals surface area contributed by atoms with E-state index in [1.807, 2.05) is 57.2 Å². The summed E-state index contributed by atoms with van der Waals surface area (Å²) in [4.78, 5) is 12.9. The van der Waals surface area contributed by atoms with E-state index >= 15 is 0 Å². The van der Waals surface area contributed by atoms with Crippen molar-refractivity contribution < 1.29 is 9.21 Å². The van der Waals surface area contributed by atoms with Gasteiger partial charge in [-0.15, -0.1) is 5.10 Å². The number of hydrogen-bond acceptors (Lipinski definition) is 4. The summed E-state index contributed by atoms with van der Waals surface area (Å²) in [5.41, 5.74) is 3.23. The van der Waals surface area contributed by atoms with Crippen LogP contribution in [-0.4, -0.2) is 20.9 Å². The zero-order valence-electron chi connectivity index (χ0n) is 15.2. The number of furan rings is 1. The van der Waals surface area contributed by atoms with Crippen LogP contribution < -0.4 is 5.32 Å². The van der Waals surface area contributed by atoms with Gasteiger partial charge in [0, 0.05) is 11.5 Å². The molecule has 4 rings (SSSR count). The van der Waals surface area contributed by atoms with Gasteiger partial charge in [-0.2, -0.15) is 0 Å². The van der Waals surface area contributed by atoms with Gasteiger partial charge >= 0.3 is 0 Å². The Hall–Kier alpha value is -2.89. The average Bonchev–Trinajstić information content (AvgIpc) is 3.27. The van der Waals surface area contributed by atoms with Crippen LogP contribution in [-0.2, 0) is 0 Å². The van der Waals surface area contributed by atoms with Gasteiger partial charge in [-0.1, -0.05) is 23.4 Å². The predicted octanol–water partition coefficient (Wildman–Crippen LogP) is 3.85. The first-order valence-electron chi connectivity index (χ1n) is 8.93. The van der Waals surface area contributed by atoms with Crippen LogP contribution in [0.15, 0.2) is 40.8 Å². The molecule has 0 bridgehead atoms. The number of nitrogens with zero attached hydrogens (tertiary/aromatic N) is 3. The molecule has 1 amide bonds. The number of rotatable bonds is 5. The Labute approximate surface area is 152 Å². The van der Waals surface area contributed by atoms with Crippen molar-refractivity contribution in [3.63, 3.8) is 0 Å². The van der Waals surface area contributed by atoms with Gasteiger partial charge in [-0.05, 0) is 51.8 Å². The van der Waals surface area contributed by atoms with Crippen LogP contribution in [0.4, 0.5) is 0 Å². The molecule has 1 saturated carbocycles. The largest absolute Gasteiger partial charge is 0.466 e. The Morgan fingerprint density at radius 3 is 2.62 bits per heavy atom. The smallest absolute Gasteiger partial charge is 0.274 e. The van der Waals surface area contributed by atoms with E-state index in [2.05, 4.69) is 15.6 Å². The molecular formula is C20H22N4O2. The third-order valence-electron chi connectivity index (χ3n) is 4.78. The lowest BCUT2D eigenvalue weighted by Gasteiger charge is -2.13. The van der Waals surface area contributed by atoms with Crippen LogP contribution in [0.5, 0.6) is 0 Å². The number of amides is 1. The third-order valence-corrected chi connectivity index (χ3v) is 4.78. The summed E-state index contributed by atoms with van der Waals surface area (Å²) < 4.78 is 7.37. The first-order chi connectivity index (χ1) is 12.5. The van der Waals surface area contributed by atoms with E-state index in [-0.39, 0.29) is 11.9 Å². The number of aryl methyl sites for hydroxylation is 2. The summed E-state index contributed by atoms with van der Waals surface area (Å²) in [6.07, 6.45) is 2.13. The Bertz CT molecular complexity index is 938. The topological polar surface area (TPSA) is 73.0 Å². The molecular weight excluding hydrogens is 328 g/mol. The minimum Gasteiger partial charge on any atom is -0.466 e. The highest BCUT2D eigenvalue weighted by Gasteiger charge is 2.34. The monoisotopic (exact) mass is 350 g/mol. The Morgan fingerprint density at radius 1 is 1.27 bits per heavy atom. The lowest BCUT2D eigenvalue weighted by atomic mass is 10.1. The molecule has 0 spiro atoms. The summed E-state index contributed by atoms with van der Waals surface area (Å²) in [6.45, 7) is 5.77. The minimum atomic E-state index is -0.195. The summed E-state index contributed by atoms with van der Waals surface area (Å²) in [5, 5.41) is 11.5. The van der Waals surface area contributed by atoms with Gasteiger partial charge in [0.05, 0.1) is 17.4 Å². The van der Waals surface area contributed by atoms with Crippen LogP contribution in [0.1, 0.15) is 65.0 Å². The normalized spacial score (nSPS) is 15.0. The number of aromatic nitrogens is 3. The average molecular weight is 350 g/mol. The van der Waals surface area contributed by atoms with Crippen molar-refractivity contribution in [2.75, 3.05) is 0 Å². The molecule has 0 radical (unpaired) electrons. The Balaban J connectivity index is 1.62. The van der Waals surface area contributed by atoms with Gasteiger partial charge in [-0.25, -0.2) is 4.68 Å². The zero-order valence-corrected chi connectivity index (χ0v) is 15.2. The third kappa shape index (κ3) is 3.03. The second-order valence-corrected chi connectivity index (χ2v) is 6.91. The molecule has 2 heterocycles. The van der Waals surface area contributed by atoms with Crippen molar-refractivity contribution >= 4 is 5.91 Å². The molecule has 6 heteroatoms. The van der Waals surface area contributed by atoms with Gasteiger partial charge < -0.3 is 9.73 Å². The lowest BCUT2D eigenvalue weighted by molar-refractivity contribution is 0.0933. The van der Waals surface area contributed by atoms with Crippen molar-refractivity contribution in [3.8, 4) is 5.69 Å². The molecule has 0 saturated heterocycles. The van der Waals surface area contributed by atoms with E-state index in [0.717, 1.165) is 41.3 Å². The molecule has 3 aromatic rings. The van der Waals surface area contributed by atoms with Crippen molar-refractivity contribution in [2.24, 2.45) is 0 Å². The summed E-state index contributed by atoms with van der Waals surface area (Å²) in [5.74, 6) is 1.82. The number of carbonyl (C=O) groups excluding carboxylic acids is 1. The fraction of sp³-hybridized carbons (Fsp3) is 0.350. The summed E-state index contributed by atoms with van der Waals surface area (Å²) >= 11 is 0. The predicted molar refractivity (Wildman–Crippen MR) is 97.4 cm³/mol. The molecule has 1 aliphatic carbocycles. The van der Waals surface area contributed by atoms with Crippen molar-refractivity contribution in [2.45, 2.75) is 45.6 Å². The van der Waals surface area contributed by atoms with Crippen LogP contribution in [0.25, 0.3) is 5.69 Å². The molecule has 1 atom stereocenters. The standard InChI is InChI=1S/C20H22N4O2/c1-12-11-17(14(3)26-12)13(2)21-20(25)18-19(15-9-10-15)24(23-22-18)16-7-5-4-6-8-16/h4-8,11,13,15H,9-10H2,1-3H3,(H,21,25). The second kappa shape index (κ2) is 6.44. The Kier molecular flexibility index (Phi) is 4.11. The van der Waals surface area contributed by atoms with Gasteiger partial charge in [0.2, 0.25) is 0 Å². The van der Waals surface area contributed by atoms with Crippen LogP contribution in [0.2, 0.25) is 0 Å². The molecule has 26 heavy (non-hydrogen) atoms. The van der Waals surface area contributed by atoms with E-state index in [1.165, 1.54) is 0 Å². The SMILES string of the molecule is Cc1cc(C(C)NC(=O)c2nnn(-c3ccccc3)c2C2CC2)c(C)o1. The highest BCUT2D eigenvalue weighted by Crippen LogP contribution is 2.42. The van der Waals surface area contributed by atoms with Gasteiger partial charge in [0.25, 0.3) is 5.91 Å². The van der Waals surface area contributed by atoms with Crippen molar-refractivity contribution in [1.82, 2.24) is 20.3 Å². The maximum Gasteiger partial charge on any atom is 0.274 e. The van der Waals surface area contributed by atoms with Crippen molar-refractivity contribution in [1.29, 1.82) is 0 Å². The first kappa shape index (κ1) is 16.6. The fourth-order valence-corrected chi connectivity index (χ4v) is 3.36. The lowest BCUT2D eigenvalue weighted by Crippen LogP contribution is -2.28. The highest BCUT2D eigenvalue weighted by molar-refractivity contribution is 5.94. The molecule has 2 aromatic heterocycles. The second-order valence-electron chi connectivity index (χ2n) is 6.91. The van der Waals surface area contributed by atoms with Gasteiger partial charge in [0.1, 0.15) is 11.5 Å². The van der Waals surface area contributed by atoms with Crippen LogP contribution in [0.3, 0.4) is 0 Å². The molecule has 1 unspecified atom stereocenters. The zero-order chi connectivity index (χ0) is 18.3.